The predicted molar refractivity (Wildman–Crippen MR) is 61.0 cm³/mol. The van der Waals surface area contributed by atoms with Crippen LogP contribution < -0.4 is 3.53 Å². The number of aliphatic hydroxyl groups excluding tert-OH is 1. The van der Waals surface area contributed by atoms with E-state index in [1.807, 2.05) is 28.9 Å². The summed E-state index contributed by atoms with van der Waals surface area (Å²) in [6.07, 6.45) is 0. The van der Waals surface area contributed by atoms with Crippen LogP contribution in [0.1, 0.15) is 5.69 Å². The lowest BCUT2D eigenvalue weighted by molar-refractivity contribution is 0.277. The molecule has 0 aromatic carbocycles. The summed E-state index contributed by atoms with van der Waals surface area (Å²) in [7, 11) is 0. The first-order valence-corrected chi connectivity index (χ1v) is 5.47. The lowest BCUT2D eigenvalue weighted by Crippen LogP contribution is -1.86. The molecule has 0 saturated carbocycles. The maximum absolute atomic E-state index is 8.87. The van der Waals surface area contributed by atoms with E-state index in [1.165, 1.54) is 11.3 Å². The van der Waals surface area contributed by atoms with E-state index in [2.05, 4.69) is 13.5 Å². The fraction of sp³-hybridized carbons (Fsp3) is 0.143. The molecule has 0 saturated heterocycles. The number of aromatic nitrogens is 2. The van der Waals surface area contributed by atoms with Crippen molar-refractivity contribution in [2.75, 3.05) is 3.53 Å². The van der Waals surface area contributed by atoms with Gasteiger partial charge < -0.3 is 8.64 Å². The molecule has 2 rings (SSSR count). The average molecular weight is 307 g/mol. The van der Waals surface area contributed by atoms with Crippen LogP contribution in [0.25, 0.3) is 10.3 Å². The van der Waals surface area contributed by atoms with Gasteiger partial charge in [-0.3, -0.25) is 0 Å². The molecule has 0 unspecified atom stereocenters. The molecular formula is C7H6IN3OS. The Bertz CT molecular complexity index is 429. The van der Waals surface area contributed by atoms with Crippen LogP contribution in [0.5, 0.6) is 0 Å². The summed E-state index contributed by atoms with van der Waals surface area (Å²) in [5.41, 5.74) is 1.54. The first-order valence-electron chi connectivity index (χ1n) is 3.57. The van der Waals surface area contributed by atoms with Crippen molar-refractivity contribution in [3.8, 4) is 0 Å². The van der Waals surface area contributed by atoms with Crippen LogP contribution in [0.4, 0.5) is 5.13 Å². The molecule has 0 amide bonds. The van der Waals surface area contributed by atoms with Crippen LogP contribution >= 0.6 is 34.2 Å². The minimum atomic E-state index is -0.0269. The van der Waals surface area contributed by atoms with E-state index in [9.17, 15) is 0 Å². The normalized spacial score (nSPS) is 10.6. The third-order valence-electron chi connectivity index (χ3n) is 1.56. The number of fused-ring (bicyclic) bond motifs is 1. The highest BCUT2D eigenvalue weighted by Gasteiger charge is 2.04. The minimum Gasteiger partial charge on any atom is -0.390 e. The first kappa shape index (κ1) is 9.10. The van der Waals surface area contributed by atoms with E-state index < -0.39 is 0 Å². The van der Waals surface area contributed by atoms with Gasteiger partial charge in [-0.15, -0.1) is 0 Å². The predicted octanol–water partition coefficient (Wildman–Crippen LogP) is 1.95. The molecule has 68 valence electrons. The van der Waals surface area contributed by atoms with E-state index in [-0.39, 0.29) is 6.61 Å². The van der Waals surface area contributed by atoms with E-state index >= 15 is 0 Å². The van der Waals surface area contributed by atoms with Crippen molar-refractivity contribution < 1.29 is 5.11 Å². The highest BCUT2D eigenvalue weighted by molar-refractivity contribution is 14.1. The van der Waals surface area contributed by atoms with Gasteiger partial charge in [-0.25, -0.2) is 9.97 Å². The van der Waals surface area contributed by atoms with E-state index in [0.717, 1.165) is 15.5 Å². The summed E-state index contributed by atoms with van der Waals surface area (Å²) in [4.78, 5) is 9.34. The van der Waals surface area contributed by atoms with Crippen molar-refractivity contribution in [2.24, 2.45) is 0 Å². The van der Waals surface area contributed by atoms with Gasteiger partial charge in [0.1, 0.15) is 10.3 Å². The summed E-state index contributed by atoms with van der Waals surface area (Å²) < 4.78 is 2.93. The molecule has 0 aliphatic heterocycles. The fourth-order valence-corrected chi connectivity index (χ4v) is 2.18. The van der Waals surface area contributed by atoms with Gasteiger partial charge in [-0.1, -0.05) is 11.3 Å². The Hall–Kier alpha value is -0.470. The van der Waals surface area contributed by atoms with Gasteiger partial charge in [0.15, 0.2) is 5.13 Å². The Labute approximate surface area is 92.5 Å². The Kier molecular flexibility index (Phi) is 2.61. The summed E-state index contributed by atoms with van der Waals surface area (Å²) in [6, 6.07) is 3.64. The molecule has 4 nitrogen and oxygen atoms in total. The molecule has 0 bridgehead atoms. The molecule has 0 aliphatic carbocycles. The number of halogens is 1. The van der Waals surface area contributed by atoms with Crippen LogP contribution in [-0.2, 0) is 6.61 Å². The van der Waals surface area contributed by atoms with Crippen LogP contribution in [0.2, 0.25) is 0 Å². The van der Waals surface area contributed by atoms with Crippen LogP contribution in [0.15, 0.2) is 12.1 Å². The number of thiazole rings is 1. The van der Waals surface area contributed by atoms with Crippen LogP contribution in [0, 0.1) is 0 Å². The highest BCUT2D eigenvalue weighted by atomic mass is 127. The van der Waals surface area contributed by atoms with E-state index in [1.54, 1.807) is 6.07 Å². The number of pyridine rings is 1. The highest BCUT2D eigenvalue weighted by Crippen LogP contribution is 2.25. The summed E-state index contributed by atoms with van der Waals surface area (Å²) in [5.74, 6) is 0. The van der Waals surface area contributed by atoms with Crippen molar-refractivity contribution in [1.82, 2.24) is 9.97 Å². The third-order valence-corrected chi connectivity index (χ3v) is 3.31. The molecule has 0 spiro atoms. The van der Waals surface area contributed by atoms with Crippen molar-refractivity contribution in [3.05, 3.63) is 17.8 Å². The summed E-state index contributed by atoms with van der Waals surface area (Å²) in [6.45, 7) is -0.0269. The quantitative estimate of drug-likeness (QED) is 0.658. The van der Waals surface area contributed by atoms with Crippen LogP contribution in [-0.4, -0.2) is 15.1 Å². The second-order valence-electron chi connectivity index (χ2n) is 2.40. The average Bonchev–Trinajstić information content (AvgIpc) is 2.58. The number of nitrogens with one attached hydrogen (secondary N) is 1. The van der Waals surface area contributed by atoms with Gasteiger partial charge in [-0.2, -0.15) is 0 Å². The lowest BCUT2D eigenvalue weighted by Gasteiger charge is -1.91. The number of rotatable bonds is 2. The number of hydrogen-bond donors (Lipinski definition) is 2. The zero-order chi connectivity index (χ0) is 9.26. The van der Waals surface area contributed by atoms with Gasteiger partial charge in [0, 0.05) is 0 Å². The monoisotopic (exact) mass is 307 g/mol. The van der Waals surface area contributed by atoms with Gasteiger partial charge in [-0.05, 0) is 12.1 Å². The fourth-order valence-electron chi connectivity index (χ4n) is 0.984. The second kappa shape index (κ2) is 3.72. The lowest BCUT2D eigenvalue weighted by atomic mass is 10.3. The molecule has 0 atom stereocenters. The smallest absolute Gasteiger partial charge is 0.194 e. The Morgan fingerprint density at radius 1 is 1.46 bits per heavy atom. The number of hydrogen-bond acceptors (Lipinski definition) is 5. The van der Waals surface area contributed by atoms with Crippen molar-refractivity contribution in [3.63, 3.8) is 0 Å². The zero-order valence-corrected chi connectivity index (χ0v) is 9.46. The Morgan fingerprint density at radius 3 is 3.00 bits per heavy atom. The number of nitrogens with zero attached hydrogens (tertiary/aromatic N) is 2. The number of aliphatic hydroxyl groups is 1. The Balaban J connectivity index is 2.57. The largest absolute Gasteiger partial charge is 0.390 e. The molecule has 2 N–H and O–H groups in total. The molecule has 6 heteroatoms. The number of anilines is 1. The molecule has 2 heterocycles. The summed E-state index contributed by atoms with van der Waals surface area (Å²) >= 11 is 3.50. The first-order chi connectivity index (χ1) is 6.33. The van der Waals surface area contributed by atoms with Crippen molar-refractivity contribution in [1.29, 1.82) is 0 Å². The van der Waals surface area contributed by atoms with Gasteiger partial charge in [0.2, 0.25) is 0 Å². The summed E-state index contributed by atoms with van der Waals surface area (Å²) in [5, 5.41) is 9.70. The molecule has 0 aliphatic rings. The molecule has 2 aromatic heterocycles. The zero-order valence-electron chi connectivity index (χ0n) is 6.49. The van der Waals surface area contributed by atoms with Crippen molar-refractivity contribution >= 4 is 49.7 Å². The molecule has 2 aromatic rings. The topological polar surface area (TPSA) is 58.0 Å². The Morgan fingerprint density at radius 2 is 2.31 bits per heavy atom. The van der Waals surface area contributed by atoms with Gasteiger partial charge in [0.25, 0.3) is 0 Å². The molecular weight excluding hydrogens is 301 g/mol. The van der Waals surface area contributed by atoms with Gasteiger partial charge in [0.05, 0.1) is 35.2 Å². The van der Waals surface area contributed by atoms with Crippen LogP contribution in [0.3, 0.4) is 0 Å². The molecule has 0 radical (unpaired) electrons. The molecule has 0 fully saturated rings. The minimum absolute atomic E-state index is 0.0269. The molecule has 13 heavy (non-hydrogen) atoms. The SMILES string of the molecule is OCc1ccc2nc(NI)sc2n1. The van der Waals surface area contributed by atoms with Crippen molar-refractivity contribution in [2.45, 2.75) is 6.61 Å². The maximum atomic E-state index is 8.87. The van der Waals surface area contributed by atoms with E-state index in [0.29, 0.717) is 5.69 Å². The maximum Gasteiger partial charge on any atom is 0.194 e. The van der Waals surface area contributed by atoms with E-state index in [4.69, 9.17) is 5.11 Å². The standard InChI is InChI=1S/C7H6IN3OS/c8-11-7-10-5-2-1-4(3-12)9-6(5)13-7/h1-2,12H,3H2,(H,10,11). The second-order valence-corrected chi connectivity index (χ2v) is 3.92. The van der Waals surface area contributed by atoms with Gasteiger partial charge >= 0.3 is 0 Å². The third kappa shape index (κ3) is 1.74.